The van der Waals surface area contributed by atoms with Gasteiger partial charge in [-0.2, -0.15) is 0 Å². The van der Waals surface area contributed by atoms with E-state index in [4.69, 9.17) is 76.6 Å². The third-order valence-corrected chi connectivity index (χ3v) is 0. The maximum atomic E-state index is 8.25. The molecule has 0 saturated carbocycles. The van der Waals surface area contributed by atoms with E-state index in [1.54, 1.807) is 0 Å². The summed E-state index contributed by atoms with van der Waals surface area (Å²) in [7, 11) is 0. The van der Waals surface area contributed by atoms with Crippen molar-refractivity contribution in [2.75, 3.05) is 0 Å². The van der Waals surface area contributed by atoms with Gasteiger partial charge in [0, 0.05) is 0 Å². The molecule has 12 N–H and O–H groups in total. The average Bonchev–Trinajstić information content (AvgIpc) is 1.94. The first-order chi connectivity index (χ1) is 8.66. The quantitative estimate of drug-likeness (QED) is 0.262. The fourth-order valence-corrected chi connectivity index (χ4v) is 0. The van der Waals surface area contributed by atoms with Crippen molar-refractivity contribution >= 4 is 0 Å². The summed E-state index contributed by atoms with van der Waals surface area (Å²) in [4.78, 5) is 41.2. The molecule has 0 aliphatic heterocycles. The van der Waals surface area contributed by atoms with Crippen molar-refractivity contribution in [3.05, 3.63) is 76.6 Å². The fraction of sp³-hybridized carbons (Fsp3) is 0. The molecule has 24 heteroatoms. The first kappa shape index (κ1) is 59.1. The van der Waals surface area contributed by atoms with Crippen LogP contribution in [0, 0.1) is 76.6 Å². The number of nitrogens with zero attached hydrogens (tertiary/aromatic N) is 5. The van der Waals surface area contributed by atoms with Crippen molar-refractivity contribution in [1.29, 1.82) is 0 Å². The Morgan fingerprint density at radius 3 is 0.333 bits per heavy atom. The van der Waals surface area contributed by atoms with Gasteiger partial charge in [-0.1, -0.05) is 0 Å². The maximum Gasteiger partial charge on any atom is 2.00 e. The van der Waals surface area contributed by atoms with E-state index in [1.165, 1.54) is 0 Å². The molecule has 0 heterocycles. The topological polar surface area (TPSA) is 440 Å². The van der Waals surface area contributed by atoms with Gasteiger partial charge in [-0.3, -0.25) is 0 Å². The molecule has 0 aromatic rings. The van der Waals surface area contributed by atoms with Crippen molar-refractivity contribution in [2.24, 2.45) is 0 Å². The van der Waals surface area contributed by atoms with Gasteiger partial charge in [0.25, 0.3) is 0 Å². The molecule has 24 heavy (non-hydrogen) atoms. The molecule has 0 aliphatic carbocycles. The average molecular weight is 419 g/mol. The van der Waals surface area contributed by atoms with Crippen molar-refractivity contribution in [1.82, 2.24) is 18.5 Å². The molecule has 0 aromatic carbocycles. The Hall–Kier alpha value is -3.60. The van der Waals surface area contributed by atoms with Crippen LogP contribution in [-0.4, -0.2) is 25.4 Å². The van der Waals surface area contributed by atoms with Crippen molar-refractivity contribution in [3.63, 3.8) is 0 Å². The number of rotatable bonds is 0. The molecule has 0 amide bonds. The largest absolute Gasteiger partial charge is 2.00 e. The molecule has 0 unspecified atom stereocenters. The van der Waals surface area contributed by atoms with Crippen LogP contribution in [-0.2, 0) is 17.1 Å². The minimum atomic E-state index is -1.75. The summed E-state index contributed by atoms with van der Waals surface area (Å²) >= 11 is 0. The molecule has 0 atom stereocenters. The molecular weight excluding hydrogens is 407 g/mol. The number of hydrogen-bond acceptors (Lipinski definition) is 15. The Labute approximate surface area is 138 Å². The van der Waals surface area contributed by atoms with Gasteiger partial charge in [0.2, 0.25) is 0 Å². The Morgan fingerprint density at radius 2 is 0.333 bits per heavy atom. The van der Waals surface area contributed by atoms with Crippen LogP contribution in [0.25, 0.3) is 0 Å². The molecule has 23 nitrogen and oxygen atoms in total. The zero-order valence-corrected chi connectivity index (χ0v) is 12.9. The SMILES string of the molecule is O=[N+]([O-])[O-].O=[N+]([O-])[O-].O=[N+]([O-])[O-].O=[N+]([O-])[O-].O=[N+]([O-])[O-].[Mn+2].[NH4+].[NH4+].[NH4+]. The molecule has 0 fully saturated rings. The second-order valence-electron chi connectivity index (χ2n) is 1.12. The predicted molar refractivity (Wildman–Crippen MR) is 69.8 cm³/mol. The van der Waals surface area contributed by atoms with E-state index < -0.39 is 25.4 Å². The standard InChI is InChI=1S/Mn.5NO3.3H3N/c;5*2-1(3)4;;;/h;;;;;;3*1H3/q+2;5*-1;;;/p+3. The second-order valence-corrected chi connectivity index (χ2v) is 1.12. The van der Waals surface area contributed by atoms with Gasteiger partial charge < -0.3 is 95.1 Å². The Morgan fingerprint density at radius 1 is 0.333 bits per heavy atom. The molecule has 0 bridgehead atoms. The van der Waals surface area contributed by atoms with Gasteiger partial charge in [0.15, 0.2) is 0 Å². The van der Waals surface area contributed by atoms with E-state index in [2.05, 4.69) is 0 Å². The van der Waals surface area contributed by atoms with Crippen LogP contribution in [0.1, 0.15) is 0 Å². The van der Waals surface area contributed by atoms with Crippen LogP contribution < -0.4 is 18.5 Å². The monoisotopic (exact) mass is 419 g/mol. The normalized spacial score (nSPS) is 5.00. The summed E-state index contributed by atoms with van der Waals surface area (Å²) in [5.41, 5.74) is 0. The summed E-state index contributed by atoms with van der Waals surface area (Å²) < 4.78 is 0. The first-order valence-electron chi connectivity index (χ1n) is 2.74. The zero-order chi connectivity index (χ0) is 17.9. The van der Waals surface area contributed by atoms with E-state index >= 15 is 0 Å². The van der Waals surface area contributed by atoms with Crippen LogP contribution in [0.15, 0.2) is 0 Å². The second kappa shape index (κ2) is 50.5. The predicted octanol–water partition coefficient (Wildman–Crippen LogP) is -0.0694. The van der Waals surface area contributed by atoms with Gasteiger partial charge in [-0.05, 0) is 0 Å². The van der Waals surface area contributed by atoms with Crippen LogP contribution in [0.4, 0.5) is 0 Å². The van der Waals surface area contributed by atoms with Crippen LogP contribution in [0.2, 0.25) is 0 Å². The van der Waals surface area contributed by atoms with Crippen molar-refractivity contribution < 1.29 is 42.5 Å². The molecule has 0 spiro atoms. The van der Waals surface area contributed by atoms with Gasteiger partial charge >= 0.3 is 17.1 Å². The summed E-state index contributed by atoms with van der Waals surface area (Å²) in [6.45, 7) is 0. The Balaban J connectivity index is -0.0000000161. The molecule has 0 saturated heterocycles. The molecule has 0 aromatic heterocycles. The van der Waals surface area contributed by atoms with Gasteiger partial charge in [0.05, 0.1) is 25.4 Å². The van der Waals surface area contributed by atoms with Crippen LogP contribution in [0.5, 0.6) is 0 Å². The number of quaternary nitrogens is 3. The van der Waals surface area contributed by atoms with E-state index in [9.17, 15) is 0 Å². The maximum absolute atomic E-state index is 8.25. The van der Waals surface area contributed by atoms with Crippen LogP contribution in [0.3, 0.4) is 0 Å². The van der Waals surface area contributed by atoms with E-state index in [-0.39, 0.29) is 35.5 Å². The summed E-state index contributed by atoms with van der Waals surface area (Å²) in [5.74, 6) is 0. The Bertz CT molecular complexity index is 212. The minimum Gasteiger partial charge on any atom is -0.369 e. The minimum absolute atomic E-state index is 0. The van der Waals surface area contributed by atoms with Gasteiger partial charge in [-0.25, -0.2) is 0 Å². The first-order valence-corrected chi connectivity index (χ1v) is 2.74. The van der Waals surface area contributed by atoms with Crippen molar-refractivity contribution in [2.45, 2.75) is 0 Å². The Kier molecular flexibility index (Phi) is 124. The molecule has 0 aliphatic rings. The van der Waals surface area contributed by atoms with Crippen molar-refractivity contribution in [3.8, 4) is 0 Å². The summed E-state index contributed by atoms with van der Waals surface area (Å²) in [6, 6.07) is 0. The van der Waals surface area contributed by atoms with E-state index in [0.717, 1.165) is 0 Å². The molecule has 0 rings (SSSR count). The van der Waals surface area contributed by atoms with Gasteiger partial charge in [0.1, 0.15) is 0 Å². The summed E-state index contributed by atoms with van der Waals surface area (Å²) in [5, 5.41) is 73.8. The third-order valence-electron chi connectivity index (χ3n) is 0. The van der Waals surface area contributed by atoms with E-state index in [0.29, 0.717) is 0 Å². The fourth-order valence-electron chi connectivity index (χ4n) is 0. The molecule has 1 radical (unpaired) electrons. The smallest absolute Gasteiger partial charge is 0.369 e. The zero-order valence-electron chi connectivity index (χ0n) is 11.7. The molecular formula is H12MnN8O15. The van der Waals surface area contributed by atoms with Gasteiger partial charge in [-0.15, -0.1) is 0 Å². The number of hydrogen-bond donors (Lipinski definition) is 3. The molecule has 149 valence electrons. The third kappa shape index (κ3) is 430. The van der Waals surface area contributed by atoms with Crippen LogP contribution >= 0.6 is 0 Å². The summed E-state index contributed by atoms with van der Waals surface area (Å²) in [6.07, 6.45) is 0. The van der Waals surface area contributed by atoms with E-state index in [1.807, 2.05) is 0 Å².